The molecule has 1 fully saturated rings. The number of hydrogen-bond donors (Lipinski definition) is 0. The molecule has 1 aliphatic heterocycles. The van der Waals surface area contributed by atoms with Crippen molar-refractivity contribution in [3.8, 4) is 0 Å². The molecule has 0 aliphatic carbocycles. The van der Waals surface area contributed by atoms with Crippen LogP contribution in [0.15, 0.2) is 17.6 Å². The Morgan fingerprint density at radius 1 is 1.61 bits per heavy atom. The van der Waals surface area contributed by atoms with Gasteiger partial charge < -0.3 is 9.47 Å². The number of piperidine rings is 1. The Morgan fingerprint density at radius 3 is 3.17 bits per heavy atom. The molecule has 0 N–H and O–H groups in total. The van der Waals surface area contributed by atoms with Gasteiger partial charge in [-0.2, -0.15) is 0 Å². The maximum Gasteiger partial charge on any atom is 0.233 e. The summed E-state index contributed by atoms with van der Waals surface area (Å²) in [6.07, 6.45) is 6.13. The zero-order chi connectivity index (χ0) is 13.0. The van der Waals surface area contributed by atoms with E-state index in [0.717, 1.165) is 31.2 Å². The van der Waals surface area contributed by atoms with Gasteiger partial charge in [-0.15, -0.1) is 0 Å². The van der Waals surface area contributed by atoms with Crippen molar-refractivity contribution in [2.75, 3.05) is 18.8 Å². The van der Waals surface area contributed by atoms with Crippen LogP contribution in [0.4, 0.5) is 0 Å². The maximum atomic E-state index is 12.1. The van der Waals surface area contributed by atoms with Gasteiger partial charge in [0.25, 0.3) is 0 Å². The summed E-state index contributed by atoms with van der Waals surface area (Å²) in [4.78, 5) is 18.4. The van der Waals surface area contributed by atoms with Crippen LogP contribution in [0, 0.1) is 5.92 Å². The molecule has 0 bridgehead atoms. The van der Waals surface area contributed by atoms with Crippen molar-refractivity contribution in [1.29, 1.82) is 0 Å². The van der Waals surface area contributed by atoms with Crippen molar-refractivity contribution >= 4 is 17.7 Å². The third kappa shape index (κ3) is 3.28. The van der Waals surface area contributed by atoms with Crippen LogP contribution in [0.25, 0.3) is 0 Å². The molecule has 0 spiro atoms. The second-order valence-electron chi connectivity index (χ2n) is 4.87. The lowest BCUT2D eigenvalue weighted by Crippen LogP contribution is -2.40. The quantitative estimate of drug-likeness (QED) is 0.785. The number of rotatable bonds is 4. The minimum atomic E-state index is 0.247. The van der Waals surface area contributed by atoms with Crippen molar-refractivity contribution in [2.45, 2.75) is 38.4 Å². The smallest absolute Gasteiger partial charge is 0.233 e. The molecule has 4 nitrogen and oxygen atoms in total. The highest BCUT2D eigenvalue weighted by molar-refractivity contribution is 7.99. The number of hydrogen-bond acceptors (Lipinski definition) is 3. The first-order chi connectivity index (χ1) is 8.70. The van der Waals surface area contributed by atoms with Crippen LogP contribution in [0.1, 0.15) is 26.7 Å². The average Bonchev–Trinajstić information content (AvgIpc) is 2.83. The van der Waals surface area contributed by atoms with Crippen molar-refractivity contribution in [1.82, 2.24) is 14.5 Å². The van der Waals surface area contributed by atoms with E-state index >= 15 is 0 Å². The molecule has 0 aromatic carbocycles. The third-order valence-corrected chi connectivity index (χ3v) is 4.34. The molecule has 0 unspecified atom stereocenters. The van der Waals surface area contributed by atoms with Crippen LogP contribution in [0.3, 0.4) is 0 Å². The second kappa shape index (κ2) is 6.27. The lowest BCUT2D eigenvalue weighted by atomic mass is 10.0. The molecule has 1 saturated heterocycles. The van der Waals surface area contributed by atoms with Gasteiger partial charge in [-0.05, 0) is 25.7 Å². The molecule has 1 aromatic heterocycles. The summed E-state index contributed by atoms with van der Waals surface area (Å²) in [7, 11) is 0. The Morgan fingerprint density at radius 2 is 2.44 bits per heavy atom. The number of likely N-dealkylation sites (tertiary alicyclic amines) is 1. The molecule has 100 valence electrons. The molecular formula is C13H21N3OS. The number of carbonyl (C=O) groups excluding carboxylic acids is 1. The van der Waals surface area contributed by atoms with E-state index in [1.54, 1.807) is 18.0 Å². The predicted octanol–water partition coefficient (Wildman–Crippen LogP) is 2.25. The summed E-state index contributed by atoms with van der Waals surface area (Å²) in [5, 5.41) is 0.941. The lowest BCUT2D eigenvalue weighted by molar-refractivity contribution is -0.130. The Kier molecular flexibility index (Phi) is 4.69. The number of amides is 1. The van der Waals surface area contributed by atoms with Crippen molar-refractivity contribution in [3.63, 3.8) is 0 Å². The van der Waals surface area contributed by atoms with Gasteiger partial charge >= 0.3 is 0 Å². The summed E-state index contributed by atoms with van der Waals surface area (Å²) in [6.45, 7) is 7.04. The maximum absolute atomic E-state index is 12.1. The second-order valence-corrected chi connectivity index (χ2v) is 5.81. The van der Waals surface area contributed by atoms with E-state index in [-0.39, 0.29) is 5.91 Å². The topological polar surface area (TPSA) is 38.1 Å². The SMILES string of the molecule is CCn1ccnc1SCC(=O)N1CCC[C@@H](C)C1. The van der Waals surface area contributed by atoms with E-state index < -0.39 is 0 Å². The van der Waals surface area contributed by atoms with E-state index in [9.17, 15) is 4.79 Å². The Bertz CT molecular complexity index is 405. The number of carbonyl (C=O) groups is 1. The zero-order valence-electron chi connectivity index (χ0n) is 11.1. The fourth-order valence-corrected chi connectivity index (χ4v) is 3.24. The molecule has 1 aliphatic rings. The highest BCUT2D eigenvalue weighted by Crippen LogP contribution is 2.19. The summed E-state index contributed by atoms with van der Waals surface area (Å²) >= 11 is 1.54. The molecule has 1 atom stereocenters. The van der Waals surface area contributed by atoms with Crippen molar-refractivity contribution < 1.29 is 4.79 Å². The summed E-state index contributed by atoms with van der Waals surface area (Å²) in [6, 6.07) is 0. The number of nitrogens with zero attached hydrogens (tertiary/aromatic N) is 3. The van der Waals surface area contributed by atoms with Gasteiger partial charge in [0.15, 0.2) is 5.16 Å². The molecule has 0 radical (unpaired) electrons. The molecule has 1 aromatic rings. The van der Waals surface area contributed by atoms with Gasteiger partial charge in [0.1, 0.15) is 0 Å². The standard InChI is InChI=1S/C13H21N3OS/c1-3-15-8-6-14-13(15)18-10-12(17)16-7-4-5-11(2)9-16/h6,8,11H,3-5,7,9-10H2,1-2H3/t11-/m1/s1. The number of aryl methyl sites for hydroxylation is 1. The molecule has 2 heterocycles. The number of imidazole rings is 1. The first-order valence-electron chi connectivity index (χ1n) is 6.62. The largest absolute Gasteiger partial charge is 0.342 e. The fraction of sp³-hybridized carbons (Fsp3) is 0.692. The Labute approximate surface area is 113 Å². The molecular weight excluding hydrogens is 246 g/mol. The average molecular weight is 267 g/mol. The molecule has 5 heteroatoms. The van der Waals surface area contributed by atoms with Crippen LogP contribution in [-0.2, 0) is 11.3 Å². The van der Waals surface area contributed by atoms with E-state index in [2.05, 4.69) is 23.4 Å². The van der Waals surface area contributed by atoms with Crippen LogP contribution in [0.2, 0.25) is 0 Å². The van der Waals surface area contributed by atoms with Gasteiger partial charge in [-0.1, -0.05) is 18.7 Å². The first kappa shape index (κ1) is 13.5. The highest BCUT2D eigenvalue weighted by Gasteiger charge is 2.21. The number of thioether (sulfide) groups is 1. The van der Waals surface area contributed by atoms with Gasteiger partial charge in [-0.25, -0.2) is 4.98 Å². The fourth-order valence-electron chi connectivity index (χ4n) is 2.31. The van der Waals surface area contributed by atoms with Gasteiger partial charge in [0.05, 0.1) is 5.75 Å². The summed E-state index contributed by atoms with van der Waals surface area (Å²) < 4.78 is 2.07. The normalized spacial score (nSPS) is 20.1. The summed E-state index contributed by atoms with van der Waals surface area (Å²) in [5.74, 6) is 1.39. The first-order valence-corrected chi connectivity index (χ1v) is 7.61. The van der Waals surface area contributed by atoms with Gasteiger partial charge in [-0.3, -0.25) is 4.79 Å². The van der Waals surface area contributed by atoms with Gasteiger partial charge in [0, 0.05) is 32.0 Å². The van der Waals surface area contributed by atoms with E-state index in [1.807, 2.05) is 11.1 Å². The Balaban J connectivity index is 1.84. The number of aromatic nitrogens is 2. The van der Waals surface area contributed by atoms with Crippen LogP contribution >= 0.6 is 11.8 Å². The minimum Gasteiger partial charge on any atom is -0.342 e. The molecule has 1 amide bonds. The van der Waals surface area contributed by atoms with Crippen LogP contribution in [-0.4, -0.2) is 39.2 Å². The predicted molar refractivity (Wildman–Crippen MR) is 73.6 cm³/mol. The van der Waals surface area contributed by atoms with Gasteiger partial charge in [0.2, 0.25) is 5.91 Å². The monoisotopic (exact) mass is 267 g/mol. The lowest BCUT2D eigenvalue weighted by Gasteiger charge is -2.30. The van der Waals surface area contributed by atoms with Crippen molar-refractivity contribution in [2.24, 2.45) is 5.92 Å². The van der Waals surface area contributed by atoms with E-state index in [1.165, 1.54) is 6.42 Å². The summed E-state index contributed by atoms with van der Waals surface area (Å²) in [5.41, 5.74) is 0. The minimum absolute atomic E-state index is 0.247. The van der Waals surface area contributed by atoms with Crippen LogP contribution in [0.5, 0.6) is 0 Å². The van der Waals surface area contributed by atoms with Crippen molar-refractivity contribution in [3.05, 3.63) is 12.4 Å². The van der Waals surface area contributed by atoms with E-state index in [4.69, 9.17) is 0 Å². The molecule has 2 rings (SSSR count). The van der Waals surface area contributed by atoms with Crippen LogP contribution < -0.4 is 0 Å². The Hall–Kier alpha value is -0.970. The molecule has 18 heavy (non-hydrogen) atoms. The third-order valence-electron chi connectivity index (χ3n) is 3.35. The zero-order valence-corrected chi connectivity index (χ0v) is 11.9. The molecule has 0 saturated carbocycles. The highest BCUT2D eigenvalue weighted by atomic mass is 32.2. The van der Waals surface area contributed by atoms with E-state index in [0.29, 0.717) is 11.7 Å².